The van der Waals surface area contributed by atoms with Crippen LogP contribution in [0.3, 0.4) is 0 Å². The summed E-state index contributed by atoms with van der Waals surface area (Å²) in [6.07, 6.45) is -0.254. The number of hydrogen-bond acceptors (Lipinski definition) is 6. The van der Waals surface area contributed by atoms with Crippen molar-refractivity contribution in [2.24, 2.45) is 0 Å². The van der Waals surface area contributed by atoms with Crippen molar-refractivity contribution >= 4 is 17.9 Å². The maximum absolute atomic E-state index is 11.3. The highest BCUT2D eigenvalue weighted by Gasteiger charge is 2.15. The number of rotatable bonds is 7. The number of carbonyl (C=O) groups is 3. The Morgan fingerprint density at radius 3 is 2.00 bits per heavy atom. The van der Waals surface area contributed by atoms with Gasteiger partial charge in [0.2, 0.25) is 0 Å². The first-order valence-electron chi connectivity index (χ1n) is 5.17. The minimum Gasteiger partial charge on any atom is -0.466 e. The van der Waals surface area contributed by atoms with E-state index in [0.717, 1.165) is 0 Å². The molecule has 0 aliphatic heterocycles. The van der Waals surface area contributed by atoms with Crippen molar-refractivity contribution < 1.29 is 28.6 Å². The molecule has 96 valence electrons. The first kappa shape index (κ1) is 15.2. The zero-order valence-electron chi connectivity index (χ0n) is 9.99. The average molecular weight is 244 g/mol. The first-order chi connectivity index (χ1) is 8.01. The van der Waals surface area contributed by atoms with Gasteiger partial charge in [-0.3, -0.25) is 4.79 Å². The Balaban J connectivity index is 3.94. The quantitative estimate of drug-likeness (QED) is 0.371. The van der Waals surface area contributed by atoms with Crippen molar-refractivity contribution in [3.8, 4) is 0 Å². The van der Waals surface area contributed by atoms with Gasteiger partial charge in [0.25, 0.3) is 0 Å². The van der Waals surface area contributed by atoms with E-state index in [0.29, 0.717) is 0 Å². The van der Waals surface area contributed by atoms with Gasteiger partial charge in [0.05, 0.1) is 19.6 Å². The van der Waals surface area contributed by atoms with Crippen LogP contribution >= 0.6 is 0 Å². The Kier molecular flexibility index (Phi) is 7.41. The van der Waals surface area contributed by atoms with Gasteiger partial charge in [-0.05, 0) is 13.8 Å². The maximum Gasteiger partial charge on any atom is 0.344 e. The molecule has 0 aliphatic carbocycles. The topological polar surface area (TPSA) is 78.9 Å². The molecular weight excluding hydrogens is 228 g/mol. The van der Waals surface area contributed by atoms with Crippen LogP contribution in [0.2, 0.25) is 0 Å². The van der Waals surface area contributed by atoms with Crippen LogP contribution in [0.4, 0.5) is 0 Å². The predicted molar refractivity (Wildman–Crippen MR) is 58.0 cm³/mol. The molecule has 0 radical (unpaired) electrons. The number of hydrogen-bond donors (Lipinski definition) is 0. The Morgan fingerprint density at radius 1 is 0.941 bits per heavy atom. The molecule has 0 amide bonds. The second-order valence-corrected chi connectivity index (χ2v) is 2.97. The van der Waals surface area contributed by atoms with Crippen molar-refractivity contribution in [3.05, 3.63) is 12.2 Å². The monoisotopic (exact) mass is 244 g/mol. The summed E-state index contributed by atoms with van der Waals surface area (Å²) in [6, 6.07) is 0. The molecule has 6 heteroatoms. The fraction of sp³-hybridized carbons (Fsp3) is 0.545. The Hall–Kier alpha value is -1.85. The Bertz CT molecular complexity index is 307. The molecule has 0 aliphatic rings. The molecule has 0 atom stereocenters. The van der Waals surface area contributed by atoms with Gasteiger partial charge in [0, 0.05) is 5.57 Å². The van der Waals surface area contributed by atoms with Gasteiger partial charge >= 0.3 is 17.9 Å². The van der Waals surface area contributed by atoms with E-state index in [4.69, 9.17) is 0 Å². The first-order valence-corrected chi connectivity index (χ1v) is 5.17. The highest BCUT2D eigenvalue weighted by Crippen LogP contribution is 2.03. The van der Waals surface area contributed by atoms with Gasteiger partial charge in [0.15, 0.2) is 6.61 Å². The molecule has 0 bridgehead atoms. The smallest absolute Gasteiger partial charge is 0.344 e. The highest BCUT2D eigenvalue weighted by molar-refractivity contribution is 5.94. The van der Waals surface area contributed by atoms with E-state index in [2.05, 4.69) is 20.8 Å². The van der Waals surface area contributed by atoms with Crippen LogP contribution in [-0.2, 0) is 28.6 Å². The van der Waals surface area contributed by atoms with E-state index in [1.165, 1.54) is 0 Å². The van der Waals surface area contributed by atoms with E-state index in [1.807, 2.05) is 0 Å². The van der Waals surface area contributed by atoms with E-state index < -0.39 is 24.5 Å². The minimum absolute atomic E-state index is 0.0623. The normalized spacial score (nSPS) is 9.29. The zero-order chi connectivity index (χ0) is 13.3. The van der Waals surface area contributed by atoms with E-state index >= 15 is 0 Å². The lowest BCUT2D eigenvalue weighted by molar-refractivity contribution is -0.156. The van der Waals surface area contributed by atoms with Crippen LogP contribution < -0.4 is 0 Å². The third-order valence-corrected chi connectivity index (χ3v) is 1.58. The van der Waals surface area contributed by atoms with Gasteiger partial charge in [-0.1, -0.05) is 6.58 Å². The molecule has 0 saturated carbocycles. The van der Waals surface area contributed by atoms with Crippen molar-refractivity contribution in [1.29, 1.82) is 0 Å². The zero-order valence-corrected chi connectivity index (χ0v) is 9.99. The molecule has 0 aromatic rings. The lowest BCUT2D eigenvalue weighted by atomic mass is 10.2. The summed E-state index contributed by atoms with van der Waals surface area (Å²) in [5, 5.41) is 0. The van der Waals surface area contributed by atoms with Crippen molar-refractivity contribution in [3.63, 3.8) is 0 Å². The van der Waals surface area contributed by atoms with E-state index in [9.17, 15) is 14.4 Å². The lowest BCUT2D eigenvalue weighted by Crippen LogP contribution is -2.18. The summed E-state index contributed by atoms with van der Waals surface area (Å²) in [7, 11) is 0. The second-order valence-electron chi connectivity index (χ2n) is 2.97. The summed E-state index contributed by atoms with van der Waals surface area (Å²) in [5.41, 5.74) is -0.0623. The summed E-state index contributed by atoms with van der Waals surface area (Å²) in [5.74, 6) is -2.03. The summed E-state index contributed by atoms with van der Waals surface area (Å²) in [4.78, 5) is 33.1. The van der Waals surface area contributed by atoms with Crippen LogP contribution in [0.5, 0.6) is 0 Å². The molecule has 17 heavy (non-hydrogen) atoms. The molecule has 0 aromatic carbocycles. The number of esters is 3. The van der Waals surface area contributed by atoms with Crippen LogP contribution in [-0.4, -0.2) is 37.7 Å². The molecule has 0 rings (SSSR count). The molecule has 0 aromatic heterocycles. The van der Waals surface area contributed by atoms with Crippen LogP contribution in [0.1, 0.15) is 20.3 Å². The fourth-order valence-corrected chi connectivity index (χ4v) is 0.888. The van der Waals surface area contributed by atoms with Crippen molar-refractivity contribution in [2.75, 3.05) is 19.8 Å². The SMILES string of the molecule is C=C(CC(=O)OCC)C(=O)OCC(=O)OCC. The van der Waals surface area contributed by atoms with Crippen molar-refractivity contribution in [1.82, 2.24) is 0 Å². The molecular formula is C11H16O6. The van der Waals surface area contributed by atoms with Gasteiger partial charge in [-0.2, -0.15) is 0 Å². The van der Waals surface area contributed by atoms with Crippen LogP contribution in [0.25, 0.3) is 0 Å². The third kappa shape index (κ3) is 7.10. The average Bonchev–Trinajstić information content (AvgIpc) is 2.26. The minimum atomic E-state index is -0.814. The van der Waals surface area contributed by atoms with Crippen LogP contribution in [0, 0.1) is 0 Å². The molecule has 6 nitrogen and oxygen atoms in total. The lowest BCUT2D eigenvalue weighted by Gasteiger charge is -2.06. The second kappa shape index (κ2) is 8.32. The van der Waals surface area contributed by atoms with Gasteiger partial charge in [0.1, 0.15) is 0 Å². The molecule has 0 fully saturated rings. The maximum atomic E-state index is 11.3. The number of carbonyl (C=O) groups excluding carboxylic acids is 3. The summed E-state index contributed by atoms with van der Waals surface area (Å²) >= 11 is 0. The summed E-state index contributed by atoms with van der Waals surface area (Å²) in [6.45, 7) is 6.61. The predicted octanol–water partition coefficient (Wildman–Crippen LogP) is 0.602. The van der Waals surface area contributed by atoms with Crippen LogP contribution in [0.15, 0.2) is 12.2 Å². The largest absolute Gasteiger partial charge is 0.466 e. The summed E-state index contributed by atoms with van der Waals surface area (Å²) < 4.78 is 13.8. The van der Waals surface area contributed by atoms with Gasteiger partial charge in [-0.15, -0.1) is 0 Å². The standard InChI is InChI=1S/C11H16O6/c1-4-15-9(12)6-8(3)11(14)17-7-10(13)16-5-2/h3-7H2,1-2H3. The highest BCUT2D eigenvalue weighted by atomic mass is 16.6. The molecule has 0 spiro atoms. The van der Waals surface area contributed by atoms with E-state index in [1.54, 1.807) is 13.8 Å². The molecule has 0 unspecified atom stereocenters. The van der Waals surface area contributed by atoms with E-state index in [-0.39, 0.29) is 25.2 Å². The third-order valence-electron chi connectivity index (χ3n) is 1.58. The number of ether oxygens (including phenoxy) is 3. The van der Waals surface area contributed by atoms with Gasteiger partial charge < -0.3 is 14.2 Å². The fourth-order valence-electron chi connectivity index (χ4n) is 0.888. The molecule has 0 saturated heterocycles. The Morgan fingerprint density at radius 2 is 1.47 bits per heavy atom. The molecule has 0 heterocycles. The Labute approximate surface area is 99.5 Å². The van der Waals surface area contributed by atoms with Crippen molar-refractivity contribution in [2.45, 2.75) is 20.3 Å². The van der Waals surface area contributed by atoms with Gasteiger partial charge in [-0.25, -0.2) is 9.59 Å². The molecule has 0 N–H and O–H groups in total.